The SMILES string of the molecule is CCOc1cc(C=CC(=O)O)ccc1OCc1ccc(Cl)cc1Cl. The first-order valence-corrected chi connectivity index (χ1v) is 7.99. The van der Waals surface area contributed by atoms with Gasteiger partial charge in [0.15, 0.2) is 11.5 Å². The second-order valence-electron chi connectivity index (χ2n) is 4.84. The van der Waals surface area contributed by atoms with Gasteiger partial charge in [0.05, 0.1) is 6.61 Å². The molecule has 2 aromatic carbocycles. The summed E-state index contributed by atoms with van der Waals surface area (Å²) < 4.78 is 11.3. The van der Waals surface area contributed by atoms with Gasteiger partial charge < -0.3 is 14.6 Å². The van der Waals surface area contributed by atoms with E-state index in [4.69, 9.17) is 37.8 Å². The predicted molar refractivity (Wildman–Crippen MR) is 95.1 cm³/mol. The molecule has 6 heteroatoms. The van der Waals surface area contributed by atoms with Crippen molar-refractivity contribution >= 4 is 35.2 Å². The Kier molecular flexibility index (Phi) is 6.53. The number of halogens is 2. The lowest BCUT2D eigenvalue weighted by atomic mass is 10.2. The van der Waals surface area contributed by atoms with E-state index in [0.717, 1.165) is 11.6 Å². The summed E-state index contributed by atoms with van der Waals surface area (Å²) in [5, 5.41) is 9.79. The molecule has 24 heavy (non-hydrogen) atoms. The van der Waals surface area contributed by atoms with Crippen molar-refractivity contribution in [1.82, 2.24) is 0 Å². The van der Waals surface area contributed by atoms with Crippen LogP contribution < -0.4 is 9.47 Å². The van der Waals surface area contributed by atoms with Crippen molar-refractivity contribution in [2.75, 3.05) is 6.61 Å². The third-order valence-electron chi connectivity index (χ3n) is 3.08. The fraction of sp³-hybridized carbons (Fsp3) is 0.167. The van der Waals surface area contributed by atoms with Crippen LogP contribution in [0.2, 0.25) is 10.0 Å². The van der Waals surface area contributed by atoms with Crippen molar-refractivity contribution in [3.05, 3.63) is 63.6 Å². The normalized spacial score (nSPS) is 10.8. The molecular formula is C18H16Cl2O4. The van der Waals surface area contributed by atoms with Crippen LogP contribution in [0, 0.1) is 0 Å². The molecule has 2 rings (SSSR count). The molecule has 0 aliphatic carbocycles. The second kappa shape index (κ2) is 8.62. The molecule has 0 radical (unpaired) electrons. The van der Waals surface area contributed by atoms with Gasteiger partial charge in [-0.05, 0) is 42.8 Å². The first kappa shape index (κ1) is 18.2. The molecule has 2 aromatic rings. The van der Waals surface area contributed by atoms with Gasteiger partial charge >= 0.3 is 5.97 Å². The van der Waals surface area contributed by atoms with Gasteiger partial charge in [0.1, 0.15) is 6.61 Å². The highest BCUT2D eigenvalue weighted by atomic mass is 35.5. The molecule has 126 valence electrons. The molecule has 0 unspecified atom stereocenters. The maximum absolute atomic E-state index is 10.6. The van der Waals surface area contributed by atoms with E-state index in [1.165, 1.54) is 6.08 Å². The van der Waals surface area contributed by atoms with Crippen LogP contribution in [0.1, 0.15) is 18.1 Å². The van der Waals surface area contributed by atoms with E-state index in [1.807, 2.05) is 6.92 Å². The summed E-state index contributed by atoms with van der Waals surface area (Å²) in [5.41, 5.74) is 1.51. The minimum Gasteiger partial charge on any atom is -0.490 e. The topological polar surface area (TPSA) is 55.8 Å². The summed E-state index contributed by atoms with van der Waals surface area (Å²) in [4.78, 5) is 10.6. The Balaban J connectivity index is 2.17. The Morgan fingerprint density at radius 3 is 2.58 bits per heavy atom. The molecule has 0 spiro atoms. The lowest BCUT2D eigenvalue weighted by Crippen LogP contribution is -2.00. The fourth-order valence-corrected chi connectivity index (χ4v) is 2.44. The lowest BCUT2D eigenvalue weighted by molar-refractivity contribution is -0.131. The Morgan fingerprint density at radius 1 is 1.12 bits per heavy atom. The number of hydrogen-bond donors (Lipinski definition) is 1. The Bertz CT molecular complexity index is 757. The number of carboxylic acid groups (broad SMARTS) is 1. The average molecular weight is 367 g/mol. The zero-order valence-electron chi connectivity index (χ0n) is 13.0. The van der Waals surface area contributed by atoms with Crippen LogP contribution in [-0.2, 0) is 11.4 Å². The van der Waals surface area contributed by atoms with Crippen LogP contribution in [0.3, 0.4) is 0 Å². The second-order valence-corrected chi connectivity index (χ2v) is 5.68. The van der Waals surface area contributed by atoms with Gasteiger partial charge in [-0.3, -0.25) is 0 Å². The third kappa shape index (κ3) is 5.18. The molecule has 0 saturated heterocycles. The van der Waals surface area contributed by atoms with Gasteiger partial charge in [-0.1, -0.05) is 35.3 Å². The van der Waals surface area contributed by atoms with Crippen LogP contribution in [0.15, 0.2) is 42.5 Å². The number of hydrogen-bond acceptors (Lipinski definition) is 3. The first-order valence-electron chi connectivity index (χ1n) is 7.24. The molecule has 0 bridgehead atoms. The summed E-state index contributed by atoms with van der Waals surface area (Å²) in [6, 6.07) is 10.4. The number of carboxylic acids is 1. The lowest BCUT2D eigenvalue weighted by Gasteiger charge is -2.13. The van der Waals surface area contributed by atoms with Crippen LogP contribution in [0.25, 0.3) is 6.08 Å². The number of benzene rings is 2. The molecule has 0 aromatic heterocycles. The van der Waals surface area contributed by atoms with Gasteiger partial charge in [-0.15, -0.1) is 0 Å². The zero-order valence-corrected chi connectivity index (χ0v) is 14.5. The summed E-state index contributed by atoms with van der Waals surface area (Å²) in [5.74, 6) is 0.0798. The van der Waals surface area contributed by atoms with Crippen LogP contribution in [0.5, 0.6) is 11.5 Å². The van der Waals surface area contributed by atoms with E-state index in [9.17, 15) is 4.79 Å². The van der Waals surface area contributed by atoms with Crippen LogP contribution in [-0.4, -0.2) is 17.7 Å². The summed E-state index contributed by atoms with van der Waals surface area (Å²) in [7, 11) is 0. The van der Waals surface area contributed by atoms with Gasteiger partial charge in [-0.25, -0.2) is 4.79 Å². The van der Waals surface area contributed by atoms with Crippen molar-refractivity contribution in [2.45, 2.75) is 13.5 Å². The quantitative estimate of drug-likeness (QED) is 0.695. The minimum atomic E-state index is -1.01. The molecule has 0 amide bonds. The largest absolute Gasteiger partial charge is 0.490 e. The molecule has 0 aliphatic heterocycles. The molecule has 0 saturated carbocycles. The number of ether oxygens (including phenoxy) is 2. The Morgan fingerprint density at radius 2 is 1.92 bits per heavy atom. The molecule has 0 fully saturated rings. The number of aliphatic carboxylic acids is 1. The predicted octanol–water partition coefficient (Wildman–Crippen LogP) is 5.07. The van der Waals surface area contributed by atoms with Crippen molar-refractivity contribution in [3.8, 4) is 11.5 Å². The maximum Gasteiger partial charge on any atom is 0.328 e. The van der Waals surface area contributed by atoms with Crippen molar-refractivity contribution in [2.24, 2.45) is 0 Å². The van der Waals surface area contributed by atoms with Crippen LogP contribution >= 0.6 is 23.2 Å². The number of carbonyl (C=O) groups is 1. The highest BCUT2D eigenvalue weighted by Gasteiger charge is 2.08. The fourth-order valence-electron chi connectivity index (χ4n) is 1.98. The molecule has 4 nitrogen and oxygen atoms in total. The van der Waals surface area contributed by atoms with E-state index < -0.39 is 5.97 Å². The monoisotopic (exact) mass is 366 g/mol. The van der Waals surface area contributed by atoms with E-state index in [2.05, 4.69) is 0 Å². The standard InChI is InChI=1S/C18H16Cl2O4/c1-2-23-17-9-12(4-8-18(21)22)3-7-16(17)24-11-13-5-6-14(19)10-15(13)20/h3-10H,2,11H2,1H3,(H,21,22). The molecule has 0 heterocycles. The summed E-state index contributed by atoms with van der Waals surface area (Å²) >= 11 is 12.0. The molecule has 1 N–H and O–H groups in total. The molecule has 0 aliphatic rings. The maximum atomic E-state index is 10.6. The molecule has 0 atom stereocenters. The van der Waals surface area contributed by atoms with E-state index >= 15 is 0 Å². The van der Waals surface area contributed by atoms with E-state index in [0.29, 0.717) is 33.7 Å². The zero-order chi connectivity index (χ0) is 17.5. The van der Waals surface area contributed by atoms with E-state index in [1.54, 1.807) is 36.4 Å². The smallest absolute Gasteiger partial charge is 0.328 e. The summed E-state index contributed by atoms with van der Waals surface area (Å²) in [6.07, 6.45) is 2.56. The van der Waals surface area contributed by atoms with E-state index in [-0.39, 0.29) is 6.61 Å². The minimum absolute atomic E-state index is 0.264. The highest BCUT2D eigenvalue weighted by Crippen LogP contribution is 2.31. The Labute approximate surface area is 150 Å². The van der Waals surface area contributed by atoms with Gasteiger partial charge in [0, 0.05) is 21.7 Å². The summed E-state index contributed by atoms with van der Waals surface area (Å²) in [6.45, 7) is 2.59. The van der Waals surface area contributed by atoms with Crippen molar-refractivity contribution < 1.29 is 19.4 Å². The third-order valence-corrected chi connectivity index (χ3v) is 3.67. The number of rotatable bonds is 7. The highest BCUT2D eigenvalue weighted by molar-refractivity contribution is 6.35. The van der Waals surface area contributed by atoms with Crippen molar-refractivity contribution in [1.29, 1.82) is 0 Å². The van der Waals surface area contributed by atoms with Gasteiger partial charge in [0.2, 0.25) is 0 Å². The van der Waals surface area contributed by atoms with Gasteiger partial charge in [0.25, 0.3) is 0 Å². The first-order chi connectivity index (χ1) is 11.5. The Hall–Kier alpha value is -2.17. The van der Waals surface area contributed by atoms with Crippen molar-refractivity contribution in [3.63, 3.8) is 0 Å². The van der Waals surface area contributed by atoms with Crippen LogP contribution in [0.4, 0.5) is 0 Å². The average Bonchev–Trinajstić information content (AvgIpc) is 2.53. The van der Waals surface area contributed by atoms with Gasteiger partial charge in [-0.2, -0.15) is 0 Å². The molecular weight excluding hydrogens is 351 g/mol.